The number of alkyl halides is 3. The summed E-state index contributed by atoms with van der Waals surface area (Å²) in [5.41, 5.74) is 1.96. The van der Waals surface area contributed by atoms with Crippen molar-refractivity contribution in [3.05, 3.63) is 68.7 Å². The van der Waals surface area contributed by atoms with Gasteiger partial charge in [0.05, 0.1) is 10.6 Å². The summed E-state index contributed by atoms with van der Waals surface area (Å²) < 4.78 is 44.0. The normalized spacial score (nSPS) is 13.5. The van der Waals surface area contributed by atoms with Crippen LogP contribution in [0.4, 0.5) is 18.3 Å². The first-order chi connectivity index (χ1) is 14.8. The third-order valence-corrected chi connectivity index (χ3v) is 5.78. The van der Waals surface area contributed by atoms with Crippen LogP contribution in [0.1, 0.15) is 32.1 Å². The summed E-state index contributed by atoms with van der Waals surface area (Å²) in [5.74, 6) is -0.424. The maximum atomic E-state index is 12.9. The Balaban J connectivity index is 1.39. The molecule has 0 unspecified atom stereocenters. The highest BCUT2D eigenvalue weighted by Gasteiger charge is 2.31. The van der Waals surface area contributed by atoms with Crippen molar-refractivity contribution in [2.75, 3.05) is 11.9 Å². The Morgan fingerprint density at radius 2 is 2.03 bits per heavy atom. The van der Waals surface area contributed by atoms with E-state index in [0.29, 0.717) is 10.6 Å². The maximum absolute atomic E-state index is 12.9. The van der Waals surface area contributed by atoms with Gasteiger partial charge in [0.2, 0.25) is 5.13 Å². The highest BCUT2D eigenvalue weighted by atomic mass is 35.5. The van der Waals surface area contributed by atoms with E-state index in [2.05, 4.69) is 20.8 Å². The summed E-state index contributed by atoms with van der Waals surface area (Å²) in [4.78, 5) is 12.5. The molecule has 0 radical (unpaired) electrons. The van der Waals surface area contributed by atoms with Gasteiger partial charge in [0, 0.05) is 12.1 Å². The molecule has 4 rings (SSSR count). The molecular formula is C20H16ClF3N4O2S. The van der Waals surface area contributed by atoms with Crippen LogP contribution in [0.3, 0.4) is 0 Å². The van der Waals surface area contributed by atoms with E-state index in [0.717, 1.165) is 54.6 Å². The summed E-state index contributed by atoms with van der Waals surface area (Å²) >= 11 is 6.98. The number of rotatable bonds is 5. The number of ether oxygens (including phenoxy) is 1. The molecule has 0 bridgehead atoms. The van der Waals surface area contributed by atoms with Crippen LogP contribution in [0.25, 0.3) is 0 Å². The molecule has 0 saturated carbocycles. The molecule has 0 fully saturated rings. The third kappa shape index (κ3) is 5.15. The Bertz CT molecular complexity index is 1120. The van der Waals surface area contributed by atoms with Gasteiger partial charge < -0.3 is 10.1 Å². The number of nitrogens with zero attached hydrogens (tertiary/aromatic N) is 2. The molecule has 162 valence electrons. The van der Waals surface area contributed by atoms with Crippen molar-refractivity contribution in [2.45, 2.75) is 25.7 Å². The van der Waals surface area contributed by atoms with E-state index < -0.39 is 11.7 Å². The van der Waals surface area contributed by atoms with Crippen LogP contribution in [0.5, 0.6) is 5.75 Å². The summed E-state index contributed by atoms with van der Waals surface area (Å²) in [6.07, 6.45) is -3.65. The Hall–Kier alpha value is -2.69. The van der Waals surface area contributed by atoms with E-state index in [9.17, 15) is 18.0 Å². The minimum absolute atomic E-state index is 0.0497. The minimum atomic E-state index is -4.50. The van der Waals surface area contributed by atoms with Crippen molar-refractivity contribution in [1.82, 2.24) is 15.5 Å². The molecule has 31 heavy (non-hydrogen) atoms. The zero-order chi connectivity index (χ0) is 22.0. The van der Waals surface area contributed by atoms with Gasteiger partial charge in [-0.1, -0.05) is 29.0 Å². The van der Waals surface area contributed by atoms with Crippen molar-refractivity contribution in [2.24, 2.45) is 0 Å². The molecule has 6 nitrogen and oxygen atoms in total. The zero-order valence-corrected chi connectivity index (χ0v) is 17.5. The second-order valence-corrected chi connectivity index (χ2v) is 8.27. The number of carbonyl (C=O) groups is 1. The molecule has 2 N–H and O–H groups in total. The Morgan fingerprint density at radius 1 is 1.19 bits per heavy atom. The minimum Gasteiger partial charge on any atom is -0.485 e. The van der Waals surface area contributed by atoms with Crippen molar-refractivity contribution in [3.8, 4) is 5.75 Å². The van der Waals surface area contributed by atoms with E-state index in [1.807, 2.05) is 12.1 Å². The van der Waals surface area contributed by atoms with E-state index in [1.165, 1.54) is 5.56 Å². The van der Waals surface area contributed by atoms with Crippen molar-refractivity contribution >= 4 is 34.0 Å². The SMILES string of the molecule is O=C(Nc1nnc(COc2cc(C(F)(F)F)ccc2Cl)s1)c1ccc2c(c1)CCNC2. The van der Waals surface area contributed by atoms with Gasteiger partial charge in [-0.05, 0) is 54.4 Å². The molecular weight excluding hydrogens is 453 g/mol. The molecule has 0 atom stereocenters. The zero-order valence-electron chi connectivity index (χ0n) is 15.9. The van der Waals surface area contributed by atoms with Crippen LogP contribution in [0, 0.1) is 0 Å². The second-order valence-electron chi connectivity index (χ2n) is 6.80. The molecule has 3 aromatic rings. The summed E-state index contributed by atoms with van der Waals surface area (Å²) in [5, 5.41) is 14.4. The van der Waals surface area contributed by atoms with Gasteiger partial charge in [-0.25, -0.2) is 0 Å². The number of amides is 1. The fourth-order valence-corrected chi connectivity index (χ4v) is 3.90. The summed E-state index contributed by atoms with van der Waals surface area (Å²) in [6, 6.07) is 8.38. The van der Waals surface area contributed by atoms with Gasteiger partial charge in [0.1, 0.15) is 12.4 Å². The predicted octanol–water partition coefficient (Wildman–Crippen LogP) is 4.69. The number of carbonyl (C=O) groups excluding carboxylic acids is 1. The number of hydrogen-bond acceptors (Lipinski definition) is 6. The Labute approximate surface area is 184 Å². The average Bonchev–Trinajstić information content (AvgIpc) is 3.19. The number of fused-ring (bicyclic) bond motifs is 1. The topological polar surface area (TPSA) is 76.1 Å². The highest BCUT2D eigenvalue weighted by molar-refractivity contribution is 7.15. The van der Waals surface area contributed by atoms with Crippen LogP contribution in [0.15, 0.2) is 36.4 Å². The van der Waals surface area contributed by atoms with E-state index in [-0.39, 0.29) is 28.4 Å². The molecule has 11 heteroatoms. The number of nitrogens with one attached hydrogen (secondary N) is 2. The molecule has 1 aliphatic heterocycles. The fraction of sp³-hybridized carbons (Fsp3) is 0.250. The number of halogens is 4. The number of aromatic nitrogens is 2. The number of benzene rings is 2. The van der Waals surface area contributed by atoms with Crippen molar-refractivity contribution in [3.63, 3.8) is 0 Å². The highest BCUT2D eigenvalue weighted by Crippen LogP contribution is 2.35. The van der Waals surface area contributed by atoms with Gasteiger partial charge in [-0.15, -0.1) is 10.2 Å². The summed E-state index contributed by atoms with van der Waals surface area (Å²) in [6.45, 7) is 1.51. The smallest absolute Gasteiger partial charge is 0.416 e. The quantitative estimate of drug-likeness (QED) is 0.568. The van der Waals surface area contributed by atoms with Crippen LogP contribution >= 0.6 is 22.9 Å². The molecule has 0 spiro atoms. The van der Waals surface area contributed by atoms with E-state index >= 15 is 0 Å². The van der Waals surface area contributed by atoms with Gasteiger partial charge in [-0.3, -0.25) is 10.1 Å². The standard InChI is InChI=1S/C20H16ClF3N4O2S/c21-15-4-3-14(20(22,23)24)8-16(15)30-10-17-27-28-19(31-17)26-18(29)12-1-2-13-9-25-6-5-11(13)7-12/h1-4,7-8,25H,5-6,9-10H2,(H,26,28,29). The molecule has 0 saturated heterocycles. The largest absolute Gasteiger partial charge is 0.485 e. The molecule has 1 aromatic heterocycles. The van der Waals surface area contributed by atoms with Gasteiger partial charge in [0.15, 0.2) is 5.01 Å². The fourth-order valence-electron chi connectivity index (χ4n) is 3.08. The molecule has 2 aromatic carbocycles. The van der Waals surface area contributed by atoms with Gasteiger partial charge in [-0.2, -0.15) is 13.2 Å². The van der Waals surface area contributed by atoms with Gasteiger partial charge in [0.25, 0.3) is 5.91 Å². The Morgan fingerprint density at radius 3 is 2.84 bits per heavy atom. The van der Waals surface area contributed by atoms with Crippen LogP contribution in [0.2, 0.25) is 5.02 Å². The molecule has 2 heterocycles. The van der Waals surface area contributed by atoms with Crippen molar-refractivity contribution < 1.29 is 22.7 Å². The Kier molecular flexibility index (Phi) is 6.12. The van der Waals surface area contributed by atoms with Gasteiger partial charge >= 0.3 is 6.18 Å². The lowest BCUT2D eigenvalue weighted by atomic mass is 9.98. The van der Waals surface area contributed by atoms with E-state index in [4.69, 9.17) is 16.3 Å². The first-order valence-electron chi connectivity index (χ1n) is 9.25. The number of anilines is 1. The molecule has 0 aliphatic carbocycles. The molecule has 1 aliphatic rings. The third-order valence-electron chi connectivity index (χ3n) is 4.65. The van der Waals surface area contributed by atoms with Crippen molar-refractivity contribution in [1.29, 1.82) is 0 Å². The number of hydrogen-bond donors (Lipinski definition) is 2. The van der Waals surface area contributed by atoms with Crippen LogP contribution in [-0.2, 0) is 25.7 Å². The van der Waals surface area contributed by atoms with Crippen LogP contribution < -0.4 is 15.4 Å². The molecule has 1 amide bonds. The predicted molar refractivity (Wildman–Crippen MR) is 111 cm³/mol. The van der Waals surface area contributed by atoms with Crippen LogP contribution in [-0.4, -0.2) is 22.6 Å². The summed E-state index contributed by atoms with van der Waals surface area (Å²) in [7, 11) is 0. The lowest BCUT2D eigenvalue weighted by Gasteiger charge is -2.17. The maximum Gasteiger partial charge on any atom is 0.416 e. The monoisotopic (exact) mass is 468 g/mol. The lowest BCUT2D eigenvalue weighted by molar-refractivity contribution is -0.137. The first kappa shape index (κ1) is 21.5. The lowest BCUT2D eigenvalue weighted by Crippen LogP contribution is -2.24. The second kappa shape index (κ2) is 8.81. The first-order valence-corrected chi connectivity index (χ1v) is 10.4. The average molecular weight is 469 g/mol. The van der Waals surface area contributed by atoms with E-state index in [1.54, 1.807) is 6.07 Å².